The molecule has 160 valence electrons. The van der Waals surface area contributed by atoms with Crippen LogP contribution in [0.3, 0.4) is 0 Å². The average Bonchev–Trinajstić information content (AvgIpc) is 2.79. The molecule has 1 N–H and O–H groups in total. The molecule has 0 saturated heterocycles. The maximum atomic E-state index is 12.5. The van der Waals surface area contributed by atoms with E-state index in [1.54, 1.807) is 12.3 Å². The third-order valence-electron chi connectivity index (χ3n) is 4.92. The van der Waals surface area contributed by atoms with E-state index >= 15 is 0 Å². The van der Waals surface area contributed by atoms with Crippen LogP contribution in [0, 0.1) is 14.1 Å². The number of carbonyl (C=O) groups is 1. The summed E-state index contributed by atoms with van der Waals surface area (Å²) in [5.41, 5.74) is 6.43. The minimum Gasteiger partial charge on any atom is -0.487 e. The minimum absolute atomic E-state index is 0.241. The molecular formula is C26H20I2N2O2. The molecule has 0 aliphatic heterocycles. The minimum atomic E-state index is -0.241. The molecule has 0 saturated carbocycles. The lowest BCUT2D eigenvalue weighted by atomic mass is 10.1. The molecule has 6 heteroatoms. The summed E-state index contributed by atoms with van der Waals surface area (Å²) in [4.78, 5) is 12.5. The largest absolute Gasteiger partial charge is 0.487 e. The van der Waals surface area contributed by atoms with Crippen molar-refractivity contribution in [1.82, 2.24) is 5.43 Å². The van der Waals surface area contributed by atoms with Gasteiger partial charge in [0.05, 0.1) is 13.4 Å². The molecular weight excluding hydrogens is 626 g/mol. The van der Waals surface area contributed by atoms with Crippen molar-refractivity contribution >= 4 is 68.1 Å². The van der Waals surface area contributed by atoms with Crippen molar-refractivity contribution in [3.8, 4) is 5.75 Å². The third-order valence-corrected chi connectivity index (χ3v) is 6.52. The van der Waals surface area contributed by atoms with Gasteiger partial charge in [-0.3, -0.25) is 4.79 Å². The molecule has 0 bridgehead atoms. The Morgan fingerprint density at radius 3 is 2.34 bits per heavy atom. The van der Waals surface area contributed by atoms with Crippen LogP contribution in [-0.2, 0) is 6.61 Å². The van der Waals surface area contributed by atoms with Crippen LogP contribution in [0.1, 0.15) is 27.0 Å². The van der Waals surface area contributed by atoms with Gasteiger partial charge in [0.25, 0.3) is 5.91 Å². The first-order valence-electron chi connectivity index (χ1n) is 9.99. The Bertz CT molecular complexity index is 1280. The highest BCUT2D eigenvalue weighted by molar-refractivity contribution is 14.1. The molecule has 4 aromatic carbocycles. The smallest absolute Gasteiger partial charge is 0.271 e. The zero-order valence-electron chi connectivity index (χ0n) is 17.3. The highest BCUT2D eigenvalue weighted by Gasteiger charge is 2.09. The van der Waals surface area contributed by atoms with Gasteiger partial charge in [-0.2, -0.15) is 5.10 Å². The van der Waals surface area contributed by atoms with Gasteiger partial charge in [0.15, 0.2) is 0 Å². The van der Waals surface area contributed by atoms with Gasteiger partial charge in [-0.15, -0.1) is 0 Å². The summed E-state index contributed by atoms with van der Waals surface area (Å²) in [6.07, 6.45) is 1.65. The van der Waals surface area contributed by atoms with Crippen LogP contribution in [0.5, 0.6) is 5.75 Å². The van der Waals surface area contributed by atoms with Crippen molar-refractivity contribution in [2.75, 3.05) is 0 Å². The van der Waals surface area contributed by atoms with E-state index in [1.807, 2.05) is 48.5 Å². The van der Waals surface area contributed by atoms with E-state index in [1.165, 1.54) is 5.56 Å². The molecule has 0 aliphatic carbocycles. The van der Waals surface area contributed by atoms with Gasteiger partial charge in [0.2, 0.25) is 0 Å². The summed E-state index contributed by atoms with van der Waals surface area (Å²) in [5, 5.41) is 6.26. The van der Waals surface area contributed by atoms with Gasteiger partial charge in [0.1, 0.15) is 12.4 Å². The predicted molar refractivity (Wildman–Crippen MR) is 146 cm³/mol. The van der Waals surface area contributed by atoms with Gasteiger partial charge in [-0.05, 0) is 98.3 Å². The van der Waals surface area contributed by atoms with E-state index in [2.05, 4.69) is 86.9 Å². The maximum absolute atomic E-state index is 12.5. The van der Waals surface area contributed by atoms with Gasteiger partial charge in [-0.25, -0.2) is 5.43 Å². The molecule has 32 heavy (non-hydrogen) atoms. The molecule has 0 aromatic heterocycles. The number of aryl methyl sites for hydroxylation is 1. The Hall–Kier alpha value is -2.46. The standard InChI is InChI=1S/C26H20I2N2O2/c1-17-6-8-18(9-7-17)16-32-25-23(27)12-19(13-24(25)28)15-29-30-26(31)22-11-10-20-4-2-3-5-21(20)14-22/h2-15H,16H2,1H3,(H,30,31)/b29-15-. The zero-order valence-corrected chi connectivity index (χ0v) is 21.6. The molecule has 4 rings (SSSR count). The van der Waals surface area contributed by atoms with Gasteiger partial charge >= 0.3 is 0 Å². The number of carbonyl (C=O) groups excluding carboxylic acids is 1. The van der Waals surface area contributed by atoms with E-state index in [9.17, 15) is 4.79 Å². The van der Waals surface area contributed by atoms with E-state index < -0.39 is 0 Å². The molecule has 0 spiro atoms. The second-order valence-corrected chi connectivity index (χ2v) is 9.67. The Morgan fingerprint density at radius 2 is 1.62 bits per heavy atom. The number of hydrogen-bond acceptors (Lipinski definition) is 3. The number of benzene rings is 4. The normalized spacial score (nSPS) is 11.1. The van der Waals surface area contributed by atoms with Crippen LogP contribution in [0.25, 0.3) is 10.8 Å². The van der Waals surface area contributed by atoms with Crippen LogP contribution in [0.15, 0.2) is 84.0 Å². The van der Waals surface area contributed by atoms with Crippen molar-refractivity contribution < 1.29 is 9.53 Å². The summed E-state index contributed by atoms with van der Waals surface area (Å²) >= 11 is 4.53. The molecule has 4 aromatic rings. The summed E-state index contributed by atoms with van der Waals surface area (Å²) in [7, 11) is 0. The molecule has 0 heterocycles. The number of rotatable bonds is 6. The third kappa shape index (κ3) is 5.66. The monoisotopic (exact) mass is 646 g/mol. The molecule has 0 unspecified atom stereocenters. The lowest BCUT2D eigenvalue weighted by Gasteiger charge is -2.11. The van der Waals surface area contributed by atoms with Crippen molar-refractivity contribution in [3.63, 3.8) is 0 Å². The highest BCUT2D eigenvalue weighted by Crippen LogP contribution is 2.29. The van der Waals surface area contributed by atoms with Crippen molar-refractivity contribution in [2.45, 2.75) is 13.5 Å². The Morgan fingerprint density at radius 1 is 0.938 bits per heavy atom. The second-order valence-electron chi connectivity index (χ2n) is 7.35. The van der Waals surface area contributed by atoms with Gasteiger partial charge in [0, 0.05) is 5.56 Å². The van der Waals surface area contributed by atoms with Gasteiger partial charge < -0.3 is 4.74 Å². The fourth-order valence-electron chi connectivity index (χ4n) is 3.19. The number of fused-ring (bicyclic) bond motifs is 1. The topological polar surface area (TPSA) is 50.7 Å². The molecule has 0 atom stereocenters. The van der Waals surface area contributed by atoms with Crippen LogP contribution < -0.4 is 10.2 Å². The number of nitrogens with zero attached hydrogens (tertiary/aromatic N) is 1. The average molecular weight is 646 g/mol. The molecule has 0 fully saturated rings. The molecule has 4 nitrogen and oxygen atoms in total. The predicted octanol–water partition coefficient (Wildman–Crippen LogP) is 6.70. The summed E-state index contributed by atoms with van der Waals surface area (Å²) < 4.78 is 8.03. The van der Waals surface area contributed by atoms with Crippen LogP contribution in [-0.4, -0.2) is 12.1 Å². The Labute approximate surface area is 214 Å². The number of hydrogen-bond donors (Lipinski definition) is 1. The molecule has 1 amide bonds. The van der Waals surface area contributed by atoms with E-state index in [4.69, 9.17) is 4.74 Å². The van der Waals surface area contributed by atoms with Crippen LogP contribution >= 0.6 is 45.2 Å². The lowest BCUT2D eigenvalue weighted by Crippen LogP contribution is -2.17. The van der Waals surface area contributed by atoms with E-state index in [0.717, 1.165) is 34.8 Å². The van der Waals surface area contributed by atoms with E-state index in [0.29, 0.717) is 12.2 Å². The quantitative estimate of drug-likeness (QED) is 0.144. The molecule has 0 radical (unpaired) electrons. The summed E-state index contributed by atoms with van der Waals surface area (Å²) in [6, 6.07) is 25.8. The van der Waals surface area contributed by atoms with Crippen molar-refractivity contribution in [2.24, 2.45) is 5.10 Å². The van der Waals surface area contributed by atoms with E-state index in [-0.39, 0.29) is 5.91 Å². The number of nitrogens with one attached hydrogen (secondary N) is 1. The van der Waals surface area contributed by atoms with Crippen LogP contribution in [0.2, 0.25) is 0 Å². The first-order valence-corrected chi connectivity index (χ1v) is 12.1. The number of ether oxygens (including phenoxy) is 1. The Kier molecular flexibility index (Phi) is 7.41. The fourth-order valence-corrected chi connectivity index (χ4v) is 5.32. The highest BCUT2D eigenvalue weighted by atomic mass is 127. The van der Waals surface area contributed by atoms with Crippen molar-refractivity contribution in [1.29, 1.82) is 0 Å². The lowest BCUT2D eigenvalue weighted by molar-refractivity contribution is 0.0955. The SMILES string of the molecule is Cc1ccc(COc2c(I)cc(/C=N\NC(=O)c3ccc4ccccc4c3)cc2I)cc1. The van der Waals surface area contributed by atoms with Crippen molar-refractivity contribution in [3.05, 3.63) is 108 Å². The molecule has 0 aliphatic rings. The first-order chi connectivity index (χ1) is 15.5. The van der Waals surface area contributed by atoms with Gasteiger partial charge in [-0.1, -0.05) is 60.2 Å². The zero-order chi connectivity index (χ0) is 22.5. The second kappa shape index (κ2) is 10.4. The fraction of sp³-hybridized carbons (Fsp3) is 0.0769. The first kappa shape index (κ1) is 22.7. The number of halogens is 2. The number of amides is 1. The maximum Gasteiger partial charge on any atom is 0.271 e. The Balaban J connectivity index is 1.41. The van der Waals surface area contributed by atoms with Crippen LogP contribution in [0.4, 0.5) is 0 Å². The summed E-state index contributed by atoms with van der Waals surface area (Å²) in [5.74, 6) is 0.610. The summed E-state index contributed by atoms with van der Waals surface area (Å²) in [6.45, 7) is 2.59. The number of hydrazone groups is 1.